The van der Waals surface area contributed by atoms with E-state index in [0.29, 0.717) is 75.4 Å². The molecule has 0 atom stereocenters. The minimum Gasteiger partial charge on any atom is -0.512 e. The van der Waals surface area contributed by atoms with Gasteiger partial charge in [0.2, 0.25) is 0 Å². The van der Waals surface area contributed by atoms with E-state index in [2.05, 4.69) is 121 Å². The predicted molar refractivity (Wildman–Crippen MR) is 416 cm³/mol. The fraction of sp³-hybridized carbons (Fsp3) is 0. The first-order valence-electron chi connectivity index (χ1n) is 32.7. The van der Waals surface area contributed by atoms with Gasteiger partial charge in [0.05, 0.1) is 49.6 Å². The third kappa shape index (κ3) is 34.1. The first-order chi connectivity index (χ1) is 60.9. The van der Waals surface area contributed by atoms with Crippen molar-refractivity contribution >= 4 is 145 Å². The van der Waals surface area contributed by atoms with Gasteiger partial charge in [-0.2, -0.15) is 0 Å². The maximum Gasteiger partial charge on any atom is 1.00 e. The zero-order chi connectivity index (χ0) is 93.2. The van der Waals surface area contributed by atoms with E-state index in [4.69, 9.17) is 35.5 Å². The predicted octanol–water partition coefficient (Wildman–Crippen LogP) is -3.70. The molecule has 0 unspecified atom stereocenters. The molecule has 0 aliphatic carbocycles. The van der Waals surface area contributed by atoms with E-state index in [1.165, 1.54) is 73.3 Å². The normalized spacial score (nSPS) is 10.8. The summed E-state index contributed by atoms with van der Waals surface area (Å²) in [5.74, 6) is -8.20. The Bertz CT molecular complexity index is 5520. The van der Waals surface area contributed by atoms with Crippen LogP contribution in [0.4, 0.5) is 0 Å². The summed E-state index contributed by atoms with van der Waals surface area (Å²) in [4.78, 5) is 184. The van der Waals surface area contributed by atoms with Gasteiger partial charge in [-0.05, 0) is 72.8 Å². The second-order valence-electron chi connectivity index (χ2n) is 21.6. The van der Waals surface area contributed by atoms with Crippen molar-refractivity contribution in [2.24, 2.45) is 0 Å². The Kier molecular flexibility index (Phi) is 51.9. The summed E-state index contributed by atoms with van der Waals surface area (Å²) in [6.45, 7) is 14.2. The molecule has 129 heavy (non-hydrogen) atoms. The van der Waals surface area contributed by atoms with Crippen LogP contribution in [0.1, 0.15) is 194 Å². The standard InChI is InChI=1S/3C18H12N6O6.3C6H4N2O2.3CN.3K/c25-7-9-1-21-11(3-19-9)15(27)17(29)13-5-24-14(6-23-13)18(30)16(28)12-4-20-10(8-26)2-22-12;25-4-9-1-11(21-6-19-9)15(27)17(29)13-3-14(24-8-23-13)18(30)16(28)12-2-10(5-26)20-7-22-12;25-7-9-1-3-11(21-19-9)15(27)17(29)13-5-6-14(24-23-13)18(30)16(28)12-4-2-10(8-26)20-22-12;9-3-5-1-7-6(4-10)2-8-5;9-2-5-1-6(3-10)8-4-7-5;9-3-5-1-2-6(4-10)8-7-5;3*1-2;;;/h3*1-8,27-30H;3*1-4H;;;;;;/q;;;;;;3*-1;3*+1/b3*17-15+,18-16+;;;;;;;;;. The molecular formula is C75H48K3N27O24. The number of aromatic nitrogens is 24. The third-order valence-corrected chi connectivity index (χ3v) is 13.9. The zero-order valence-corrected chi connectivity index (χ0v) is 75.0. The fourth-order valence-corrected chi connectivity index (χ4v) is 7.93. The Morgan fingerprint density at radius 1 is 0.178 bits per heavy atom. The molecule has 0 saturated carbocycles. The topological polar surface area (TPSA) is 828 Å². The molecular weight excluding hydrogens is 1780 g/mol. The van der Waals surface area contributed by atoms with Gasteiger partial charge in [-0.3, -0.25) is 57.5 Å². The number of aldehydes is 12. The Morgan fingerprint density at radius 2 is 0.349 bits per heavy atom. The summed E-state index contributed by atoms with van der Waals surface area (Å²) >= 11 is 0. The monoisotopic (exact) mass is 1830 g/mol. The molecule has 0 saturated heterocycles. The number of aliphatic hydroxyl groups is 12. The van der Waals surface area contributed by atoms with Gasteiger partial charge in [-0.15, -0.1) is 40.8 Å². The smallest absolute Gasteiger partial charge is 0.512 e. The largest absolute Gasteiger partial charge is 1.00 e. The summed E-state index contributed by atoms with van der Waals surface area (Å²) in [6.07, 6.45) is 19.3. The summed E-state index contributed by atoms with van der Waals surface area (Å²) in [6, 6.07) is 15.1. The van der Waals surface area contributed by atoms with Crippen LogP contribution < -0.4 is 154 Å². The number of nitrogens with zero attached hydrogens (tertiary/aromatic N) is 27. The van der Waals surface area contributed by atoms with Crippen LogP contribution in [0.25, 0.3) is 69.1 Å². The molecule has 12 rings (SSSR count). The van der Waals surface area contributed by atoms with Gasteiger partial charge < -0.3 is 96.8 Å². The zero-order valence-electron chi connectivity index (χ0n) is 65.6. The SMILES string of the molecule is O=Cc1cc(/C(O)=C(\O)c2cc(/C(O)=C(\O)c3cc(C=O)ncn3)ncn2)ncn1.O=Cc1cc(C=O)ncn1.O=Cc1ccc(/C(O)=C(\O)c2ccc(/C(O)=C(\O)c3ccc(C=O)nn3)nn2)nn1.O=Cc1ccc(C=O)nn1.O=Cc1cnc(/C(O)=C(\O)c2cnc(/C(O)=C(\O)c3cnc(C=O)cn3)cn2)cn1.O=Cc1cnc(C=O)cn1.[C-]#N.[C-]#N.[C-]#N.[K+].[K+].[K+]. The van der Waals surface area contributed by atoms with Crippen LogP contribution in [0.3, 0.4) is 0 Å². The number of hydrogen-bond donors (Lipinski definition) is 12. The molecule has 0 aliphatic heterocycles. The molecule has 0 radical (unpaired) electrons. The van der Waals surface area contributed by atoms with E-state index in [0.717, 1.165) is 74.4 Å². The summed E-state index contributed by atoms with van der Waals surface area (Å²) in [5.41, 5.74) is -0.354. The number of carbonyl (C=O) groups is 12. The molecule has 51 nitrogen and oxygen atoms in total. The molecule has 0 aliphatic rings. The van der Waals surface area contributed by atoms with Gasteiger partial charge >= 0.3 is 154 Å². The van der Waals surface area contributed by atoms with Crippen molar-refractivity contribution in [3.8, 4) is 0 Å². The summed E-state index contributed by atoms with van der Waals surface area (Å²) in [5, 5.41) is 169. The van der Waals surface area contributed by atoms with Gasteiger partial charge in [0.1, 0.15) is 162 Å². The van der Waals surface area contributed by atoms with E-state index in [1.54, 1.807) is 0 Å². The molecule has 12 aromatic heterocycles. The van der Waals surface area contributed by atoms with Crippen molar-refractivity contribution in [2.75, 3.05) is 0 Å². The average molecular weight is 1830 g/mol. The van der Waals surface area contributed by atoms with Crippen molar-refractivity contribution < 1.29 is 273 Å². The van der Waals surface area contributed by atoms with Crippen LogP contribution in [-0.4, -0.2) is 257 Å². The second-order valence-corrected chi connectivity index (χ2v) is 21.6. The van der Waals surface area contributed by atoms with Crippen LogP contribution in [0, 0.1) is 35.5 Å². The van der Waals surface area contributed by atoms with Crippen molar-refractivity contribution in [3.63, 3.8) is 0 Å². The third-order valence-electron chi connectivity index (χ3n) is 13.9. The van der Waals surface area contributed by atoms with Crippen molar-refractivity contribution in [3.05, 3.63) is 304 Å². The van der Waals surface area contributed by atoms with Crippen molar-refractivity contribution in [2.45, 2.75) is 0 Å². The van der Waals surface area contributed by atoms with E-state index >= 15 is 0 Å². The van der Waals surface area contributed by atoms with Gasteiger partial charge in [-0.1, -0.05) is 0 Å². The Morgan fingerprint density at radius 3 is 0.558 bits per heavy atom. The molecule has 12 N–H and O–H groups in total. The molecule has 0 bridgehead atoms. The Balaban J connectivity index is 0.000000803. The second kappa shape index (κ2) is 60.1. The number of hydrogen-bond acceptors (Lipinski definition) is 51. The van der Waals surface area contributed by atoms with Crippen LogP contribution in [0.15, 0.2) is 148 Å². The first-order valence-corrected chi connectivity index (χ1v) is 32.7. The van der Waals surface area contributed by atoms with E-state index in [-0.39, 0.29) is 291 Å². The van der Waals surface area contributed by atoms with Gasteiger partial charge in [-0.25, -0.2) is 79.7 Å². The molecule has 12 aromatic rings. The summed E-state index contributed by atoms with van der Waals surface area (Å²) in [7, 11) is 0. The summed E-state index contributed by atoms with van der Waals surface area (Å²) < 4.78 is 0. The maximum atomic E-state index is 10.8. The number of carbonyl (C=O) groups excluding carboxylic acids is 12. The molecule has 0 fully saturated rings. The Labute approximate surface area is 847 Å². The van der Waals surface area contributed by atoms with Crippen molar-refractivity contribution in [1.29, 1.82) is 15.8 Å². The van der Waals surface area contributed by atoms with Crippen LogP contribution in [0.5, 0.6) is 0 Å². The minimum atomic E-state index is -0.730. The van der Waals surface area contributed by atoms with Crippen LogP contribution in [0.2, 0.25) is 0 Å². The van der Waals surface area contributed by atoms with Gasteiger partial charge in [0.25, 0.3) is 0 Å². The van der Waals surface area contributed by atoms with E-state index in [9.17, 15) is 119 Å². The van der Waals surface area contributed by atoms with E-state index < -0.39 is 69.1 Å². The average Bonchev–Trinajstić information content (AvgIpc) is 0.825. The molecule has 0 spiro atoms. The minimum absolute atomic E-state index is 0. The van der Waals surface area contributed by atoms with E-state index in [1.807, 2.05) is 0 Å². The maximum absolute atomic E-state index is 10.8. The van der Waals surface area contributed by atoms with Gasteiger partial charge in [0.15, 0.2) is 145 Å². The molecule has 0 amide bonds. The number of aliphatic hydroxyl groups excluding tert-OH is 12. The van der Waals surface area contributed by atoms with Gasteiger partial charge in [0, 0.05) is 0 Å². The quantitative estimate of drug-likeness (QED) is 0.0120. The Hall–Kier alpha value is -15.6. The molecule has 0 aromatic carbocycles. The molecule has 12 heterocycles. The van der Waals surface area contributed by atoms with Crippen LogP contribution >= 0.6 is 0 Å². The van der Waals surface area contributed by atoms with Crippen molar-refractivity contribution in [1.82, 2.24) is 121 Å². The fourth-order valence-electron chi connectivity index (χ4n) is 7.93. The first kappa shape index (κ1) is 111. The molecule has 630 valence electrons. The number of rotatable bonds is 24. The molecule has 54 heteroatoms. The van der Waals surface area contributed by atoms with Crippen LogP contribution in [-0.2, 0) is 0 Å².